The fraction of sp³-hybridized carbons (Fsp3) is 0.476. The molecule has 3 heterocycles. The van der Waals surface area contributed by atoms with Crippen molar-refractivity contribution in [1.29, 1.82) is 0 Å². The standard InChI is InChI=1S/C21H27N3O2S/c1-22(15-19-3-2-12-27-19)21(25)16-24-9-7-23(8-10-24)14-17-4-5-20-18(13-17)6-11-26-20/h2-5,12-13H,6-11,14-16H2,1H3. The molecular formula is C21H27N3O2S. The van der Waals surface area contributed by atoms with Gasteiger partial charge in [-0.2, -0.15) is 0 Å². The molecule has 0 aliphatic carbocycles. The maximum atomic E-state index is 12.5. The van der Waals surface area contributed by atoms with Gasteiger partial charge >= 0.3 is 0 Å². The van der Waals surface area contributed by atoms with Gasteiger partial charge in [0.05, 0.1) is 19.7 Å². The number of rotatable bonds is 6. The van der Waals surface area contributed by atoms with Gasteiger partial charge in [0.1, 0.15) is 5.75 Å². The number of hydrogen-bond donors (Lipinski definition) is 0. The largest absolute Gasteiger partial charge is 0.493 e. The Bertz CT molecular complexity index is 770. The average molecular weight is 386 g/mol. The summed E-state index contributed by atoms with van der Waals surface area (Å²) in [5, 5.41) is 2.06. The molecule has 0 spiro atoms. The first-order valence-electron chi connectivity index (χ1n) is 9.63. The Balaban J connectivity index is 1.22. The normalized spacial score (nSPS) is 17.5. The van der Waals surface area contributed by atoms with E-state index >= 15 is 0 Å². The Morgan fingerprint density at radius 2 is 2.00 bits per heavy atom. The lowest BCUT2D eigenvalue weighted by atomic mass is 10.1. The molecule has 144 valence electrons. The van der Waals surface area contributed by atoms with Crippen LogP contribution in [0.4, 0.5) is 0 Å². The van der Waals surface area contributed by atoms with Crippen molar-refractivity contribution in [3.05, 3.63) is 51.7 Å². The van der Waals surface area contributed by atoms with Crippen molar-refractivity contribution in [2.75, 3.05) is 46.4 Å². The molecule has 1 amide bonds. The summed E-state index contributed by atoms with van der Waals surface area (Å²) >= 11 is 1.70. The molecule has 1 fully saturated rings. The molecule has 1 aromatic carbocycles. The Morgan fingerprint density at radius 1 is 1.19 bits per heavy atom. The predicted molar refractivity (Wildman–Crippen MR) is 108 cm³/mol. The average Bonchev–Trinajstić information content (AvgIpc) is 3.34. The molecule has 0 bridgehead atoms. The predicted octanol–water partition coefficient (Wildman–Crippen LogP) is 2.46. The third kappa shape index (κ3) is 4.69. The molecule has 2 aromatic rings. The molecular weight excluding hydrogens is 358 g/mol. The summed E-state index contributed by atoms with van der Waals surface area (Å²) < 4.78 is 5.59. The Morgan fingerprint density at radius 3 is 2.78 bits per heavy atom. The van der Waals surface area contributed by atoms with Gasteiger partial charge in [0, 0.05) is 51.1 Å². The maximum absolute atomic E-state index is 12.5. The van der Waals surface area contributed by atoms with Crippen molar-refractivity contribution in [2.24, 2.45) is 0 Å². The Labute approximate surface area is 165 Å². The summed E-state index contributed by atoms with van der Waals surface area (Å²) in [7, 11) is 1.90. The van der Waals surface area contributed by atoms with Crippen LogP contribution in [-0.4, -0.2) is 67.0 Å². The summed E-state index contributed by atoms with van der Waals surface area (Å²) in [6, 6.07) is 10.7. The van der Waals surface area contributed by atoms with Gasteiger partial charge in [-0.25, -0.2) is 0 Å². The van der Waals surface area contributed by atoms with Gasteiger partial charge < -0.3 is 9.64 Å². The van der Waals surface area contributed by atoms with Crippen molar-refractivity contribution in [2.45, 2.75) is 19.5 Å². The second kappa shape index (κ2) is 8.42. The molecule has 6 heteroatoms. The van der Waals surface area contributed by atoms with E-state index in [2.05, 4.69) is 39.4 Å². The minimum atomic E-state index is 0.204. The molecule has 27 heavy (non-hydrogen) atoms. The van der Waals surface area contributed by atoms with Crippen molar-refractivity contribution in [3.8, 4) is 5.75 Å². The quantitative estimate of drug-likeness (QED) is 0.765. The second-order valence-corrected chi connectivity index (χ2v) is 8.45. The summed E-state index contributed by atoms with van der Waals surface area (Å²) in [6.07, 6.45) is 1.03. The lowest BCUT2D eigenvalue weighted by Gasteiger charge is -2.35. The lowest BCUT2D eigenvalue weighted by molar-refractivity contribution is -0.132. The molecule has 5 nitrogen and oxygen atoms in total. The molecule has 1 saturated heterocycles. The van der Waals surface area contributed by atoms with E-state index in [1.807, 2.05) is 18.0 Å². The molecule has 0 unspecified atom stereocenters. The number of benzene rings is 1. The molecule has 0 atom stereocenters. The van der Waals surface area contributed by atoms with Crippen molar-refractivity contribution < 1.29 is 9.53 Å². The van der Waals surface area contributed by atoms with E-state index in [1.165, 1.54) is 16.0 Å². The van der Waals surface area contributed by atoms with Crippen LogP contribution in [0, 0.1) is 0 Å². The van der Waals surface area contributed by atoms with E-state index in [1.54, 1.807) is 11.3 Å². The van der Waals surface area contributed by atoms with Gasteiger partial charge in [0.2, 0.25) is 5.91 Å². The van der Waals surface area contributed by atoms with Crippen molar-refractivity contribution >= 4 is 17.2 Å². The SMILES string of the molecule is CN(Cc1cccs1)C(=O)CN1CCN(Cc2ccc3c(c2)CCO3)CC1. The molecule has 0 radical (unpaired) electrons. The van der Waals surface area contributed by atoms with Gasteiger partial charge in [-0.15, -0.1) is 11.3 Å². The van der Waals surface area contributed by atoms with Gasteiger partial charge in [-0.3, -0.25) is 14.6 Å². The smallest absolute Gasteiger partial charge is 0.236 e. The number of carbonyl (C=O) groups excluding carboxylic acids is 1. The van der Waals surface area contributed by atoms with E-state index in [-0.39, 0.29) is 5.91 Å². The van der Waals surface area contributed by atoms with Gasteiger partial charge in [-0.1, -0.05) is 18.2 Å². The number of piperazine rings is 1. The molecule has 1 aromatic heterocycles. The van der Waals surface area contributed by atoms with Gasteiger partial charge in [0.25, 0.3) is 0 Å². The van der Waals surface area contributed by atoms with Crippen LogP contribution < -0.4 is 4.74 Å². The number of carbonyl (C=O) groups is 1. The Kier molecular flexibility index (Phi) is 5.76. The van der Waals surface area contributed by atoms with Crippen LogP contribution in [0.25, 0.3) is 0 Å². The first-order chi connectivity index (χ1) is 13.2. The third-order valence-electron chi connectivity index (χ3n) is 5.38. The molecule has 0 N–H and O–H groups in total. The monoisotopic (exact) mass is 385 g/mol. The van der Waals surface area contributed by atoms with Crippen LogP contribution >= 0.6 is 11.3 Å². The zero-order valence-corrected chi connectivity index (χ0v) is 16.7. The minimum absolute atomic E-state index is 0.204. The zero-order valence-electron chi connectivity index (χ0n) is 15.9. The highest BCUT2D eigenvalue weighted by Crippen LogP contribution is 2.26. The molecule has 0 saturated carbocycles. The highest BCUT2D eigenvalue weighted by molar-refractivity contribution is 7.09. The fourth-order valence-electron chi connectivity index (χ4n) is 3.74. The number of nitrogens with zero attached hydrogens (tertiary/aromatic N) is 3. The van der Waals surface area contributed by atoms with E-state index in [0.29, 0.717) is 13.1 Å². The van der Waals surface area contributed by atoms with Crippen LogP contribution in [0.1, 0.15) is 16.0 Å². The Hall–Kier alpha value is -1.89. The number of amides is 1. The summed E-state index contributed by atoms with van der Waals surface area (Å²) in [4.78, 5) is 20.3. The second-order valence-electron chi connectivity index (χ2n) is 7.42. The van der Waals surface area contributed by atoms with E-state index in [0.717, 1.165) is 51.5 Å². The van der Waals surface area contributed by atoms with E-state index < -0.39 is 0 Å². The number of ether oxygens (including phenoxy) is 1. The minimum Gasteiger partial charge on any atom is -0.493 e. The fourth-order valence-corrected chi connectivity index (χ4v) is 4.50. The summed E-state index contributed by atoms with van der Waals surface area (Å²) in [6.45, 7) is 6.94. The third-order valence-corrected chi connectivity index (χ3v) is 6.24. The lowest BCUT2D eigenvalue weighted by Crippen LogP contribution is -2.49. The highest BCUT2D eigenvalue weighted by Gasteiger charge is 2.21. The van der Waals surface area contributed by atoms with Crippen LogP contribution in [0.3, 0.4) is 0 Å². The van der Waals surface area contributed by atoms with Crippen molar-refractivity contribution in [1.82, 2.24) is 14.7 Å². The van der Waals surface area contributed by atoms with Crippen LogP contribution in [0.2, 0.25) is 0 Å². The number of likely N-dealkylation sites (N-methyl/N-ethyl adjacent to an activating group) is 1. The van der Waals surface area contributed by atoms with E-state index in [9.17, 15) is 4.79 Å². The number of fused-ring (bicyclic) bond motifs is 1. The van der Waals surface area contributed by atoms with Crippen LogP contribution in [0.5, 0.6) is 5.75 Å². The van der Waals surface area contributed by atoms with Crippen LogP contribution in [-0.2, 0) is 24.3 Å². The van der Waals surface area contributed by atoms with Gasteiger partial charge in [-0.05, 0) is 28.6 Å². The number of thiophene rings is 1. The first-order valence-corrected chi connectivity index (χ1v) is 10.5. The zero-order chi connectivity index (χ0) is 18.6. The molecule has 2 aliphatic heterocycles. The maximum Gasteiger partial charge on any atom is 0.236 e. The highest BCUT2D eigenvalue weighted by atomic mass is 32.1. The first kappa shape index (κ1) is 18.5. The summed E-state index contributed by atoms with van der Waals surface area (Å²) in [5.41, 5.74) is 2.70. The topological polar surface area (TPSA) is 36.0 Å². The summed E-state index contributed by atoms with van der Waals surface area (Å²) in [5.74, 6) is 1.25. The van der Waals surface area contributed by atoms with Gasteiger partial charge in [0.15, 0.2) is 0 Å². The molecule has 2 aliphatic rings. The number of hydrogen-bond acceptors (Lipinski definition) is 5. The van der Waals surface area contributed by atoms with E-state index in [4.69, 9.17) is 4.74 Å². The molecule has 4 rings (SSSR count). The van der Waals surface area contributed by atoms with Crippen molar-refractivity contribution in [3.63, 3.8) is 0 Å². The van der Waals surface area contributed by atoms with Crippen LogP contribution in [0.15, 0.2) is 35.7 Å².